The van der Waals surface area contributed by atoms with Crippen LogP contribution in [0.25, 0.3) is 11.0 Å². The summed E-state index contributed by atoms with van der Waals surface area (Å²) in [5, 5.41) is 12.7. The number of aromatic nitrogens is 2. The average Bonchev–Trinajstić information content (AvgIpc) is 3.05. The van der Waals surface area contributed by atoms with Gasteiger partial charge in [-0.05, 0) is 36.8 Å². The highest BCUT2D eigenvalue weighted by Crippen LogP contribution is 2.31. The van der Waals surface area contributed by atoms with E-state index in [1.54, 1.807) is 43.3 Å². The average molecular weight is 385 g/mol. The van der Waals surface area contributed by atoms with Crippen LogP contribution < -0.4 is 5.43 Å². The van der Waals surface area contributed by atoms with Crippen LogP contribution in [0.2, 0.25) is 0 Å². The zero-order valence-corrected chi connectivity index (χ0v) is 14.7. The Hall–Kier alpha value is -3.67. The molecule has 0 spiro atoms. The number of para-hydroxylation sites is 2. The van der Waals surface area contributed by atoms with Crippen molar-refractivity contribution in [1.82, 2.24) is 15.0 Å². The summed E-state index contributed by atoms with van der Waals surface area (Å²) < 4.78 is 40.6. The zero-order chi connectivity index (χ0) is 20.3. The van der Waals surface area contributed by atoms with E-state index in [1.807, 2.05) is 6.07 Å². The van der Waals surface area contributed by atoms with Crippen molar-refractivity contribution in [3.05, 3.63) is 65.5 Å². The maximum Gasteiger partial charge on any atom is 0.449 e. The molecular weight excluding hydrogens is 371 g/mol. The third kappa shape index (κ3) is 4.01. The minimum atomic E-state index is -4.69. The lowest BCUT2D eigenvalue weighted by atomic mass is 10.1. The van der Waals surface area contributed by atoms with Crippen molar-refractivity contribution in [2.45, 2.75) is 19.6 Å². The molecule has 3 aromatic rings. The number of hydrazone groups is 1. The van der Waals surface area contributed by atoms with Crippen LogP contribution in [-0.4, -0.2) is 21.2 Å². The van der Waals surface area contributed by atoms with Crippen molar-refractivity contribution in [1.29, 1.82) is 5.26 Å². The summed E-state index contributed by atoms with van der Waals surface area (Å²) in [6, 6.07) is 14.6. The first-order valence-corrected chi connectivity index (χ1v) is 8.15. The van der Waals surface area contributed by atoms with Gasteiger partial charge in [-0.3, -0.25) is 4.79 Å². The maximum absolute atomic E-state index is 13.3. The number of hydrogen-bond donors (Lipinski definition) is 1. The molecule has 0 aliphatic heterocycles. The summed E-state index contributed by atoms with van der Waals surface area (Å²) in [4.78, 5) is 15.8. The Bertz CT molecular complexity index is 1090. The van der Waals surface area contributed by atoms with Crippen molar-refractivity contribution < 1.29 is 18.0 Å². The van der Waals surface area contributed by atoms with Gasteiger partial charge in [0.15, 0.2) is 0 Å². The van der Waals surface area contributed by atoms with Gasteiger partial charge in [0.2, 0.25) is 5.82 Å². The number of hydrogen-bond acceptors (Lipinski definition) is 4. The number of nitriles is 1. The SMILES string of the molecule is C/C(=N\NC(=O)Cn1c(C(F)(F)F)nc2ccccc21)c1ccc(C#N)cc1. The van der Waals surface area contributed by atoms with Crippen molar-refractivity contribution in [2.75, 3.05) is 0 Å². The molecule has 3 rings (SSSR count). The predicted octanol–water partition coefficient (Wildman–Crippen LogP) is 3.47. The van der Waals surface area contributed by atoms with Crippen LogP contribution in [0.1, 0.15) is 23.9 Å². The molecule has 0 fully saturated rings. The van der Waals surface area contributed by atoms with E-state index in [0.29, 0.717) is 16.8 Å². The van der Waals surface area contributed by atoms with E-state index >= 15 is 0 Å². The van der Waals surface area contributed by atoms with Gasteiger partial charge in [0.05, 0.1) is 28.4 Å². The number of amides is 1. The molecule has 0 bridgehead atoms. The van der Waals surface area contributed by atoms with Gasteiger partial charge in [0, 0.05) is 0 Å². The molecule has 142 valence electrons. The topological polar surface area (TPSA) is 83.1 Å². The van der Waals surface area contributed by atoms with E-state index in [2.05, 4.69) is 15.5 Å². The number of imidazole rings is 1. The van der Waals surface area contributed by atoms with Crippen LogP contribution in [-0.2, 0) is 17.5 Å². The molecule has 1 amide bonds. The predicted molar refractivity (Wildman–Crippen MR) is 96.2 cm³/mol. The van der Waals surface area contributed by atoms with Crippen molar-refractivity contribution in [3.8, 4) is 6.07 Å². The lowest BCUT2D eigenvalue weighted by molar-refractivity contribution is -0.147. The number of alkyl halides is 3. The molecule has 0 atom stereocenters. The largest absolute Gasteiger partial charge is 0.449 e. The van der Waals surface area contributed by atoms with Gasteiger partial charge in [-0.1, -0.05) is 24.3 Å². The fraction of sp³-hybridized carbons (Fsp3) is 0.158. The highest BCUT2D eigenvalue weighted by Gasteiger charge is 2.37. The lowest BCUT2D eigenvalue weighted by Gasteiger charge is -2.10. The van der Waals surface area contributed by atoms with Crippen LogP contribution in [0.5, 0.6) is 0 Å². The second-order valence-corrected chi connectivity index (χ2v) is 5.93. The van der Waals surface area contributed by atoms with Gasteiger partial charge in [0.25, 0.3) is 5.91 Å². The molecule has 6 nitrogen and oxygen atoms in total. The number of carbonyl (C=O) groups is 1. The Balaban J connectivity index is 1.80. The summed E-state index contributed by atoms with van der Waals surface area (Å²) in [5.41, 5.74) is 4.22. The highest BCUT2D eigenvalue weighted by atomic mass is 19.4. The number of rotatable bonds is 4. The van der Waals surface area contributed by atoms with Crippen molar-refractivity contribution >= 4 is 22.7 Å². The Morgan fingerprint density at radius 2 is 1.89 bits per heavy atom. The molecular formula is C19H14F3N5O. The van der Waals surface area contributed by atoms with E-state index < -0.39 is 24.5 Å². The van der Waals surface area contributed by atoms with Crippen molar-refractivity contribution in [3.63, 3.8) is 0 Å². The van der Waals surface area contributed by atoms with Gasteiger partial charge in [-0.15, -0.1) is 0 Å². The quantitative estimate of drug-likeness (QED) is 0.551. The molecule has 0 saturated carbocycles. The number of carbonyl (C=O) groups excluding carboxylic acids is 1. The maximum atomic E-state index is 13.3. The molecule has 0 aliphatic carbocycles. The fourth-order valence-electron chi connectivity index (χ4n) is 2.63. The number of fused-ring (bicyclic) bond motifs is 1. The molecule has 1 N–H and O–H groups in total. The third-order valence-corrected chi connectivity index (χ3v) is 3.99. The molecule has 9 heteroatoms. The van der Waals surface area contributed by atoms with Gasteiger partial charge in [0.1, 0.15) is 6.54 Å². The van der Waals surface area contributed by atoms with E-state index in [-0.39, 0.29) is 11.0 Å². The van der Waals surface area contributed by atoms with Crippen LogP contribution in [0.15, 0.2) is 53.6 Å². The molecule has 28 heavy (non-hydrogen) atoms. The number of nitrogens with zero attached hydrogens (tertiary/aromatic N) is 4. The van der Waals surface area contributed by atoms with E-state index in [9.17, 15) is 18.0 Å². The summed E-state index contributed by atoms with van der Waals surface area (Å²) in [7, 11) is 0. The minimum absolute atomic E-state index is 0.153. The first kappa shape index (κ1) is 19.1. The Labute approximate surface area is 157 Å². The Morgan fingerprint density at radius 1 is 1.21 bits per heavy atom. The van der Waals surface area contributed by atoms with Gasteiger partial charge >= 0.3 is 6.18 Å². The summed E-state index contributed by atoms with van der Waals surface area (Å²) >= 11 is 0. The Morgan fingerprint density at radius 3 is 2.54 bits per heavy atom. The second kappa shape index (κ2) is 7.52. The van der Waals surface area contributed by atoms with Crippen LogP contribution in [0.3, 0.4) is 0 Å². The number of benzene rings is 2. The third-order valence-electron chi connectivity index (χ3n) is 3.99. The van der Waals surface area contributed by atoms with Crippen molar-refractivity contribution in [2.24, 2.45) is 5.10 Å². The number of halogens is 3. The van der Waals surface area contributed by atoms with Crippen LogP contribution in [0.4, 0.5) is 13.2 Å². The van der Waals surface area contributed by atoms with Gasteiger partial charge in [-0.25, -0.2) is 10.4 Å². The highest BCUT2D eigenvalue weighted by molar-refractivity contribution is 5.99. The summed E-state index contributed by atoms with van der Waals surface area (Å²) in [6.45, 7) is 1.05. The normalized spacial score (nSPS) is 12.0. The molecule has 0 saturated heterocycles. The van der Waals surface area contributed by atoms with Crippen LogP contribution in [0, 0.1) is 11.3 Å². The summed E-state index contributed by atoms with van der Waals surface area (Å²) in [6.07, 6.45) is -4.69. The number of nitrogens with one attached hydrogen (secondary N) is 1. The minimum Gasteiger partial charge on any atom is -0.311 e. The van der Waals surface area contributed by atoms with E-state index in [4.69, 9.17) is 5.26 Å². The van der Waals surface area contributed by atoms with Crippen LogP contribution >= 0.6 is 0 Å². The zero-order valence-electron chi connectivity index (χ0n) is 14.7. The molecule has 1 heterocycles. The molecule has 2 aromatic carbocycles. The summed E-state index contributed by atoms with van der Waals surface area (Å²) in [5.74, 6) is -1.86. The van der Waals surface area contributed by atoms with Gasteiger partial charge in [-0.2, -0.15) is 23.5 Å². The first-order chi connectivity index (χ1) is 13.3. The van der Waals surface area contributed by atoms with Gasteiger partial charge < -0.3 is 4.57 Å². The lowest BCUT2D eigenvalue weighted by Crippen LogP contribution is -2.27. The molecule has 0 aliphatic rings. The standard InChI is InChI=1S/C19H14F3N5O/c1-12(14-8-6-13(10-23)7-9-14)25-26-17(28)11-27-16-5-3-2-4-15(16)24-18(27)19(20,21)22/h2-9H,11H2,1H3,(H,26,28)/b25-12+. The van der Waals surface area contributed by atoms with E-state index in [0.717, 1.165) is 4.57 Å². The first-order valence-electron chi connectivity index (χ1n) is 8.15. The smallest absolute Gasteiger partial charge is 0.311 e. The second-order valence-electron chi connectivity index (χ2n) is 5.93. The molecule has 1 aromatic heterocycles. The fourth-order valence-corrected chi connectivity index (χ4v) is 2.63. The monoisotopic (exact) mass is 385 g/mol. The Kier molecular flexibility index (Phi) is 5.13. The molecule has 0 radical (unpaired) electrons. The molecule has 0 unspecified atom stereocenters. The van der Waals surface area contributed by atoms with E-state index in [1.165, 1.54) is 12.1 Å².